The van der Waals surface area contributed by atoms with Crippen molar-refractivity contribution in [1.82, 2.24) is 10.9 Å². The molecule has 5 heteroatoms. The Morgan fingerprint density at radius 2 is 2.50 bits per heavy atom. The van der Waals surface area contributed by atoms with Crippen molar-refractivity contribution >= 4 is 5.91 Å². The summed E-state index contributed by atoms with van der Waals surface area (Å²) in [6.07, 6.45) is -0.638. The van der Waals surface area contributed by atoms with Gasteiger partial charge in [-0.15, -0.1) is 0 Å². The molecule has 1 heterocycles. The van der Waals surface area contributed by atoms with Gasteiger partial charge in [0.2, 0.25) is 5.91 Å². The van der Waals surface area contributed by atoms with Gasteiger partial charge in [-0.1, -0.05) is 0 Å². The maximum atomic E-state index is 10.5. The molecule has 10 heavy (non-hydrogen) atoms. The number of hydrazine groups is 1. The standard InChI is InChI=1S/C5H10N2O3/c8-2-4(9)3-1-5(10)7-6-3/h3-4,6,8-9H,1-2H2,(H,7,10)/t3-,4+/m0/s1. The van der Waals surface area contributed by atoms with Crippen LogP contribution in [-0.4, -0.2) is 34.9 Å². The molecule has 1 saturated heterocycles. The minimum atomic E-state index is -0.862. The van der Waals surface area contributed by atoms with E-state index in [0.29, 0.717) is 0 Å². The van der Waals surface area contributed by atoms with E-state index in [0.717, 1.165) is 0 Å². The minimum absolute atomic E-state index is 0.155. The van der Waals surface area contributed by atoms with Gasteiger partial charge in [-0.2, -0.15) is 0 Å². The highest BCUT2D eigenvalue weighted by Gasteiger charge is 2.26. The molecule has 4 N–H and O–H groups in total. The summed E-state index contributed by atoms with van der Waals surface area (Å²) in [4.78, 5) is 10.5. The highest BCUT2D eigenvalue weighted by molar-refractivity contribution is 5.78. The van der Waals surface area contributed by atoms with E-state index >= 15 is 0 Å². The van der Waals surface area contributed by atoms with Crippen LogP contribution >= 0.6 is 0 Å². The van der Waals surface area contributed by atoms with Crippen LogP contribution in [-0.2, 0) is 4.79 Å². The Morgan fingerprint density at radius 1 is 1.80 bits per heavy atom. The third kappa shape index (κ3) is 1.44. The number of hydrogen-bond donors (Lipinski definition) is 4. The van der Waals surface area contributed by atoms with Gasteiger partial charge in [0, 0.05) is 6.42 Å². The van der Waals surface area contributed by atoms with Crippen LogP contribution in [0.1, 0.15) is 6.42 Å². The molecule has 1 amide bonds. The van der Waals surface area contributed by atoms with E-state index in [9.17, 15) is 4.79 Å². The minimum Gasteiger partial charge on any atom is -0.394 e. The Labute approximate surface area is 58.0 Å². The summed E-state index contributed by atoms with van der Waals surface area (Å²) in [6.45, 7) is -0.327. The number of amides is 1. The van der Waals surface area contributed by atoms with Crippen LogP contribution in [0.3, 0.4) is 0 Å². The fraction of sp³-hybridized carbons (Fsp3) is 0.800. The smallest absolute Gasteiger partial charge is 0.235 e. The summed E-state index contributed by atoms with van der Waals surface area (Å²) in [5, 5.41) is 17.4. The Bertz CT molecular complexity index is 139. The predicted molar refractivity (Wildman–Crippen MR) is 32.8 cm³/mol. The molecule has 0 aromatic heterocycles. The molecule has 58 valence electrons. The summed E-state index contributed by atoms with van der Waals surface area (Å²) < 4.78 is 0. The van der Waals surface area contributed by atoms with Crippen molar-refractivity contribution in [2.45, 2.75) is 18.6 Å². The molecule has 0 saturated carbocycles. The van der Waals surface area contributed by atoms with Crippen molar-refractivity contribution in [3.63, 3.8) is 0 Å². The molecule has 0 aliphatic carbocycles. The molecule has 1 aliphatic heterocycles. The molecule has 1 aliphatic rings. The highest BCUT2D eigenvalue weighted by Crippen LogP contribution is 2.02. The first kappa shape index (κ1) is 7.46. The molecule has 1 rings (SSSR count). The van der Waals surface area contributed by atoms with Crippen LogP contribution < -0.4 is 10.9 Å². The summed E-state index contributed by atoms with van der Waals surface area (Å²) in [7, 11) is 0. The molecule has 0 unspecified atom stereocenters. The Kier molecular flexibility index (Phi) is 2.21. The van der Waals surface area contributed by atoms with E-state index < -0.39 is 6.10 Å². The van der Waals surface area contributed by atoms with Gasteiger partial charge in [-0.05, 0) is 0 Å². The molecule has 1 fully saturated rings. The van der Waals surface area contributed by atoms with Gasteiger partial charge in [0.05, 0.1) is 18.8 Å². The molecule has 2 atom stereocenters. The van der Waals surface area contributed by atoms with Crippen molar-refractivity contribution in [2.24, 2.45) is 0 Å². The molecule has 0 aromatic rings. The Hall–Kier alpha value is -0.650. The lowest BCUT2D eigenvalue weighted by Gasteiger charge is -2.12. The Morgan fingerprint density at radius 3 is 2.90 bits per heavy atom. The lowest BCUT2D eigenvalue weighted by molar-refractivity contribution is -0.119. The first-order valence-electron chi connectivity index (χ1n) is 3.07. The third-order valence-corrected chi connectivity index (χ3v) is 1.45. The van der Waals surface area contributed by atoms with E-state index in [1.165, 1.54) is 0 Å². The molecule has 0 spiro atoms. The molecular formula is C5H10N2O3. The molecular weight excluding hydrogens is 136 g/mol. The molecule has 5 nitrogen and oxygen atoms in total. The van der Waals surface area contributed by atoms with Gasteiger partial charge in [-0.3, -0.25) is 10.2 Å². The van der Waals surface area contributed by atoms with E-state index in [1.54, 1.807) is 0 Å². The number of aliphatic hydroxyl groups excluding tert-OH is 2. The third-order valence-electron chi connectivity index (χ3n) is 1.45. The number of nitrogens with one attached hydrogen (secondary N) is 2. The van der Waals surface area contributed by atoms with Crippen LogP contribution in [0, 0.1) is 0 Å². The van der Waals surface area contributed by atoms with Crippen LogP contribution in [0.5, 0.6) is 0 Å². The van der Waals surface area contributed by atoms with Crippen molar-refractivity contribution in [2.75, 3.05) is 6.61 Å². The number of hydrogen-bond acceptors (Lipinski definition) is 4. The van der Waals surface area contributed by atoms with Crippen molar-refractivity contribution in [3.8, 4) is 0 Å². The summed E-state index contributed by atoms with van der Waals surface area (Å²) in [5.74, 6) is -0.155. The van der Waals surface area contributed by atoms with E-state index in [-0.39, 0.29) is 25.0 Å². The lowest BCUT2D eigenvalue weighted by atomic mass is 10.1. The quantitative estimate of drug-likeness (QED) is 0.354. The van der Waals surface area contributed by atoms with E-state index in [1.807, 2.05) is 0 Å². The SMILES string of the molecule is O=C1C[C@@H]([C@H](O)CO)NN1. The lowest BCUT2D eigenvalue weighted by Crippen LogP contribution is -2.40. The van der Waals surface area contributed by atoms with Crippen LogP contribution in [0.25, 0.3) is 0 Å². The summed E-state index contributed by atoms with van der Waals surface area (Å²) in [5.41, 5.74) is 4.87. The normalized spacial score (nSPS) is 28.2. The van der Waals surface area contributed by atoms with Gasteiger partial charge in [0.15, 0.2) is 0 Å². The largest absolute Gasteiger partial charge is 0.394 e. The summed E-state index contributed by atoms with van der Waals surface area (Å²) in [6, 6.07) is -0.350. The zero-order valence-corrected chi connectivity index (χ0v) is 5.37. The topological polar surface area (TPSA) is 81.6 Å². The van der Waals surface area contributed by atoms with Crippen LogP contribution in [0.15, 0.2) is 0 Å². The van der Waals surface area contributed by atoms with Gasteiger partial charge >= 0.3 is 0 Å². The van der Waals surface area contributed by atoms with Crippen molar-refractivity contribution in [1.29, 1.82) is 0 Å². The van der Waals surface area contributed by atoms with Gasteiger partial charge in [0.25, 0.3) is 0 Å². The number of aliphatic hydroxyl groups is 2. The number of carbonyl (C=O) groups is 1. The maximum Gasteiger partial charge on any atom is 0.235 e. The average Bonchev–Trinajstić information content (AvgIpc) is 2.34. The summed E-state index contributed by atoms with van der Waals surface area (Å²) >= 11 is 0. The first-order valence-corrected chi connectivity index (χ1v) is 3.07. The number of rotatable bonds is 2. The maximum absolute atomic E-state index is 10.5. The fourth-order valence-corrected chi connectivity index (χ4v) is 0.834. The van der Waals surface area contributed by atoms with Gasteiger partial charge in [-0.25, -0.2) is 5.43 Å². The Balaban J connectivity index is 2.36. The van der Waals surface area contributed by atoms with Gasteiger partial charge < -0.3 is 10.2 Å². The van der Waals surface area contributed by atoms with Crippen molar-refractivity contribution in [3.05, 3.63) is 0 Å². The van der Waals surface area contributed by atoms with E-state index in [2.05, 4.69) is 10.9 Å². The first-order chi connectivity index (χ1) is 4.74. The second-order valence-corrected chi connectivity index (χ2v) is 2.25. The van der Waals surface area contributed by atoms with E-state index in [4.69, 9.17) is 10.2 Å². The fourth-order valence-electron chi connectivity index (χ4n) is 0.834. The average molecular weight is 146 g/mol. The van der Waals surface area contributed by atoms with Gasteiger partial charge in [0.1, 0.15) is 0 Å². The van der Waals surface area contributed by atoms with Crippen LogP contribution in [0.4, 0.5) is 0 Å². The second kappa shape index (κ2) is 2.96. The van der Waals surface area contributed by atoms with Crippen LogP contribution in [0.2, 0.25) is 0 Å². The molecule has 0 radical (unpaired) electrons. The highest BCUT2D eigenvalue weighted by atomic mass is 16.3. The zero-order valence-electron chi connectivity index (χ0n) is 5.37. The zero-order chi connectivity index (χ0) is 7.56. The van der Waals surface area contributed by atoms with Crippen molar-refractivity contribution < 1.29 is 15.0 Å². The number of carbonyl (C=O) groups excluding carboxylic acids is 1. The molecule has 0 aromatic carbocycles. The predicted octanol–water partition coefficient (Wildman–Crippen LogP) is -2.27. The second-order valence-electron chi connectivity index (χ2n) is 2.25. The monoisotopic (exact) mass is 146 g/mol. The molecule has 0 bridgehead atoms.